The average Bonchev–Trinajstić information content (AvgIpc) is 2.71. The van der Waals surface area contributed by atoms with Gasteiger partial charge in [-0.05, 0) is 51.2 Å². The number of allylic oxidation sites excluding steroid dienone is 1. The number of nitrogens with zero attached hydrogens (tertiary/aromatic N) is 1. The maximum atomic E-state index is 5.54. The summed E-state index contributed by atoms with van der Waals surface area (Å²) in [6, 6.07) is 3.84. The molecule has 0 bridgehead atoms. The van der Waals surface area contributed by atoms with Crippen LogP contribution in [0.15, 0.2) is 28.8 Å². The fourth-order valence-electron chi connectivity index (χ4n) is 3.27. The molecule has 0 saturated carbocycles. The van der Waals surface area contributed by atoms with Gasteiger partial charge < -0.3 is 24.8 Å². The highest BCUT2D eigenvalue weighted by Gasteiger charge is 2.15. The van der Waals surface area contributed by atoms with E-state index in [0.29, 0.717) is 23.8 Å². The predicted octanol–water partition coefficient (Wildman–Crippen LogP) is 3.66. The Morgan fingerprint density at radius 1 is 1.04 bits per heavy atom. The molecule has 1 aliphatic rings. The van der Waals surface area contributed by atoms with Crippen molar-refractivity contribution in [2.45, 2.75) is 45.6 Å². The Morgan fingerprint density at radius 2 is 1.85 bits per heavy atom. The van der Waals surface area contributed by atoms with E-state index in [2.05, 4.69) is 23.6 Å². The molecule has 0 spiro atoms. The van der Waals surface area contributed by atoms with Crippen molar-refractivity contribution in [3.63, 3.8) is 0 Å². The molecule has 0 heterocycles. The third-order valence-electron chi connectivity index (χ3n) is 4.66. The van der Waals surface area contributed by atoms with Gasteiger partial charge in [0.05, 0.1) is 27.9 Å². The highest BCUT2D eigenvalue weighted by Crippen LogP contribution is 2.39. The van der Waals surface area contributed by atoms with E-state index in [4.69, 9.17) is 19.2 Å². The van der Waals surface area contributed by atoms with E-state index in [1.54, 1.807) is 26.9 Å². The summed E-state index contributed by atoms with van der Waals surface area (Å²) in [4.78, 5) is 4.70. The lowest BCUT2D eigenvalue weighted by Crippen LogP contribution is -2.37. The minimum atomic E-state index is 0.488. The van der Waals surface area contributed by atoms with Crippen molar-refractivity contribution in [2.24, 2.45) is 4.99 Å². The van der Waals surface area contributed by atoms with E-state index in [0.717, 1.165) is 31.0 Å². The third kappa shape index (κ3) is 6.08. The first-order chi connectivity index (χ1) is 13.2. The Bertz CT molecular complexity index is 656. The number of nitrogens with one attached hydrogen (secondary N) is 2. The predicted molar refractivity (Wildman–Crippen MR) is 110 cm³/mol. The van der Waals surface area contributed by atoms with Gasteiger partial charge in [0, 0.05) is 18.7 Å². The monoisotopic (exact) mass is 375 g/mol. The molecule has 6 nitrogen and oxygen atoms in total. The molecule has 0 amide bonds. The SMILES string of the molecule is CCNC(=NCc1ccc(OC)c(OC)c1OC)NCCC1=CCCCC1. The summed E-state index contributed by atoms with van der Waals surface area (Å²) >= 11 is 0. The highest BCUT2D eigenvalue weighted by molar-refractivity contribution is 5.79. The highest BCUT2D eigenvalue weighted by atomic mass is 16.5. The van der Waals surface area contributed by atoms with Crippen LogP contribution in [0.4, 0.5) is 0 Å². The molecule has 27 heavy (non-hydrogen) atoms. The average molecular weight is 376 g/mol. The van der Waals surface area contributed by atoms with Gasteiger partial charge in [-0.3, -0.25) is 0 Å². The Morgan fingerprint density at radius 3 is 2.48 bits per heavy atom. The number of benzene rings is 1. The number of methoxy groups -OCH3 is 3. The summed E-state index contributed by atoms with van der Waals surface area (Å²) in [5.74, 6) is 2.71. The summed E-state index contributed by atoms with van der Waals surface area (Å²) in [5.41, 5.74) is 2.51. The summed E-state index contributed by atoms with van der Waals surface area (Å²) in [5, 5.41) is 6.73. The van der Waals surface area contributed by atoms with Crippen molar-refractivity contribution < 1.29 is 14.2 Å². The van der Waals surface area contributed by atoms with Gasteiger partial charge >= 0.3 is 0 Å². The van der Waals surface area contributed by atoms with Gasteiger partial charge in [0.15, 0.2) is 17.5 Å². The van der Waals surface area contributed by atoms with Crippen molar-refractivity contribution in [3.05, 3.63) is 29.3 Å². The largest absolute Gasteiger partial charge is 0.493 e. The molecular formula is C21H33N3O3. The van der Waals surface area contributed by atoms with E-state index in [1.807, 2.05) is 12.1 Å². The summed E-state index contributed by atoms with van der Waals surface area (Å²) < 4.78 is 16.3. The summed E-state index contributed by atoms with van der Waals surface area (Å²) in [7, 11) is 4.86. The molecule has 0 atom stereocenters. The summed E-state index contributed by atoms with van der Waals surface area (Å²) in [6.07, 6.45) is 8.57. The van der Waals surface area contributed by atoms with Crippen LogP contribution in [-0.2, 0) is 6.54 Å². The first-order valence-corrected chi connectivity index (χ1v) is 9.71. The van der Waals surface area contributed by atoms with Crippen molar-refractivity contribution in [1.82, 2.24) is 10.6 Å². The van der Waals surface area contributed by atoms with E-state index in [-0.39, 0.29) is 0 Å². The maximum absolute atomic E-state index is 5.54. The second-order valence-electron chi connectivity index (χ2n) is 6.47. The Labute approximate surface area is 163 Å². The molecule has 1 aromatic rings. The minimum absolute atomic E-state index is 0.488. The number of rotatable bonds is 9. The molecule has 1 aromatic carbocycles. The lowest BCUT2D eigenvalue weighted by atomic mass is 9.97. The van der Waals surface area contributed by atoms with Crippen LogP contribution in [0.1, 0.15) is 44.6 Å². The van der Waals surface area contributed by atoms with Crippen LogP contribution in [0.2, 0.25) is 0 Å². The standard InChI is InChI=1S/C21H33N3O3/c1-5-22-21(23-14-13-16-9-7-6-8-10-16)24-15-17-11-12-18(25-2)20(27-4)19(17)26-3/h9,11-12H,5-8,10,13-15H2,1-4H3,(H2,22,23,24). The van der Waals surface area contributed by atoms with Gasteiger partial charge in [0.1, 0.15) is 0 Å². The zero-order valence-electron chi connectivity index (χ0n) is 17.1. The van der Waals surface area contributed by atoms with Gasteiger partial charge in [0.25, 0.3) is 0 Å². The second-order valence-corrected chi connectivity index (χ2v) is 6.47. The number of hydrogen-bond acceptors (Lipinski definition) is 4. The lowest BCUT2D eigenvalue weighted by Gasteiger charge is -2.16. The Balaban J connectivity index is 2.03. The molecule has 2 N–H and O–H groups in total. The topological polar surface area (TPSA) is 64.1 Å². The van der Waals surface area contributed by atoms with Gasteiger partial charge in [-0.25, -0.2) is 4.99 Å². The molecule has 0 fully saturated rings. The normalized spacial score (nSPS) is 14.4. The van der Waals surface area contributed by atoms with Crippen LogP contribution in [0, 0.1) is 0 Å². The van der Waals surface area contributed by atoms with E-state index >= 15 is 0 Å². The van der Waals surface area contributed by atoms with Crippen molar-refractivity contribution in [3.8, 4) is 17.2 Å². The van der Waals surface area contributed by atoms with Crippen LogP contribution in [-0.4, -0.2) is 40.4 Å². The van der Waals surface area contributed by atoms with E-state index in [9.17, 15) is 0 Å². The fraction of sp³-hybridized carbons (Fsp3) is 0.571. The van der Waals surface area contributed by atoms with Crippen LogP contribution in [0.5, 0.6) is 17.2 Å². The Kier molecular flexibility index (Phi) is 8.81. The van der Waals surface area contributed by atoms with Crippen molar-refractivity contribution in [2.75, 3.05) is 34.4 Å². The zero-order chi connectivity index (χ0) is 19.5. The molecule has 150 valence electrons. The molecule has 0 saturated heterocycles. The molecule has 0 radical (unpaired) electrons. The van der Waals surface area contributed by atoms with Crippen LogP contribution in [0.3, 0.4) is 0 Å². The van der Waals surface area contributed by atoms with Gasteiger partial charge in [0.2, 0.25) is 5.75 Å². The van der Waals surface area contributed by atoms with Gasteiger partial charge in [-0.2, -0.15) is 0 Å². The van der Waals surface area contributed by atoms with Gasteiger partial charge in [-0.1, -0.05) is 11.6 Å². The first-order valence-electron chi connectivity index (χ1n) is 9.71. The molecule has 1 aliphatic carbocycles. The molecular weight excluding hydrogens is 342 g/mol. The van der Waals surface area contributed by atoms with Crippen molar-refractivity contribution >= 4 is 5.96 Å². The van der Waals surface area contributed by atoms with Crippen LogP contribution >= 0.6 is 0 Å². The number of guanidine groups is 1. The smallest absolute Gasteiger partial charge is 0.203 e. The molecule has 6 heteroatoms. The number of aliphatic imine (C=N–C) groups is 1. The van der Waals surface area contributed by atoms with E-state index < -0.39 is 0 Å². The van der Waals surface area contributed by atoms with Crippen molar-refractivity contribution in [1.29, 1.82) is 0 Å². The molecule has 0 aliphatic heterocycles. The van der Waals surface area contributed by atoms with Crippen LogP contribution in [0.25, 0.3) is 0 Å². The number of hydrogen-bond donors (Lipinski definition) is 2. The Hall–Kier alpha value is -2.37. The fourth-order valence-corrected chi connectivity index (χ4v) is 3.27. The van der Waals surface area contributed by atoms with E-state index in [1.165, 1.54) is 25.7 Å². The first kappa shape index (κ1) is 20.9. The maximum Gasteiger partial charge on any atom is 0.203 e. The minimum Gasteiger partial charge on any atom is -0.493 e. The second kappa shape index (κ2) is 11.4. The lowest BCUT2D eigenvalue weighted by molar-refractivity contribution is 0.322. The molecule has 0 aromatic heterocycles. The zero-order valence-corrected chi connectivity index (χ0v) is 17.1. The summed E-state index contributed by atoms with van der Waals surface area (Å²) in [6.45, 7) is 4.26. The number of ether oxygens (including phenoxy) is 3. The molecule has 0 unspecified atom stereocenters. The third-order valence-corrected chi connectivity index (χ3v) is 4.66. The molecule has 2 rings (SSSR count). The van der Waals surface area contributed by atoms with Gasteiger partial charge in [-0.15, -0.1) is 0 Å². The van der Waals surface area contributed by atoms with Crippen LogP contribution < -0.4 is 24.8 Å². The quantitative estimate of drug-likeness (QED) is 0.392.